The summed E-state index contributed by atoms with van der Waals surface area (Å²) in [4.78, 5) is 52.0. The predicted molar refractivity (Wildman–Crippen MR) is 113 cm³/mol. The first-order valence-corrected chi connectivity index (χ1v) is 10.0. The number of amides is 1. The molecule has 1 saturated heterocycles. The fraction of sp³-hybridized carbons (Fsp3) is 0.429. The van der Waals surface area contributed by atoms with Crippen molar-refractivity contribution in [1.29, 1.82) is 0 Å². The number of aromatic nitrogens is 2. The van der Waals surface area contributed by atoms with Crippen LogP contribution in [0.2, 0.25) is 0 Å². The fourth-order valence-electron chi connectivity index (χ4n) is 3.89. The third-order valence-electron chi connectivity index (χ3n) is 5.52. The van der Waals surface area contributed by atoms with E-state index in [1.54, 1.807) is 6.92 Å². The highest BCUT2D eigenvalue weighted by Crippen LogP contribution is 2.17. The summed E-state index contributed by atoms with van der Waals surface area (Å²) in [7, 11) is 0. The average molecular weight is 413 g/mol. The van der Waals surface area contributed by atoms with Gasteiger partial charge in [0.05, 0.1) is 19.0 Å². The zero-order valence-electron chi connectivity index (χ0n) is 17.0. The molecule has 30 heavy (non-hydrogen) atoms. The van der Waals surface area contributed by atoms with Crippen LogP contribution in [0.1, 0.15) is 35.7 Å². The van der Waals surface area contributed by atoms with Crippen molar-refractivity contribution in [2.24, 2.45) is 11.7 Å². The van der Waals surface area contributed by atoms with Gasteiger partial charge in [-0.1, -0.05) is 30.3 Å². The molecular formula is C21H27N5O4. The van der Waals surface area contributed by atoms with Gasteiger partial charge in [0.25, 0.3) is 5.56 Å². The molecule has 160 valence electrons. The van der Waals surface area contributed by atoms with Crippen LogP contribution in [-0.2, 0) is 17.9 Å². The van der Waals surface area contributed by atoms with E-state index in [1.165, 1.54) is 4.57 Å². The largest absolute Gasteiger partial charge is 0.384 e. The number of Topliss-reactive ketones (excluding diaryl/α,β-unsaturated/α-hetero) is 1. The molecule has 1 amide bonds. The molecule has 0 saturated carbocycles. The number of likely N-dealkylation sites (tertiary alicyclic amines) is 1. The number of hydrogen-bond donors (Lipinski definition) is 2. The monoisotopic (exact) mass is 413 g/mol. The minimum absolute atomic E-state index is 0.0591. The number of carbonyl (C=O) groups is 2. The smallest absolute Gasteiger partial charge is 0.332 e. The first-order chi connectivity index (χ1) is 14.3. The average Bonchev–Trinajstić information content (AvgIpc) is 2.72. The van der Waals surface area contributed by atoms with Crippen molar-refractivity contribution < 1.29 is 9.59 Å². The summed E-state index contributed by atoms with van der Waals surface area (Å²) in [5, 5.41) is 0. The molecule has 3 rings (SSSR count). The molecule has 1 atom stereocenters. The standard InChI is InChI=1S/C21H27N5O4/c1-2-25-20(29)17(16(27)13-24-10-6-9-15(12-24)19(23)28)18(22)26(21(25)30)11-14-7-4-3-5-8-14/h3-5,7-8,15H,2,6,9-13,22H2,1H3,(H2,23,28). The first kappa shape index (κ1) is 21.5. The van der Waals surface area contributed by atoms with Crippen molar-refractivity contribution in [2.45, 2.75) is 32.9 Å². The first-order valence-electron chi connectivity index (χ1n) is 10.0. The summed E-state index contributed by atoms with van der Waals surface area (Å²) in [5.74, 6) is -1.31. The topological polar surface area (TPSA) is 133 Å². The van der Waals surface area contributed by atoms with Gasteiger partial charge in [-0.2, -0.15) is 0 Å². The lowest BCUT2D eigenvalue weighted by atomic mass is 9.97. The van der Waals surface area contributed by atoms with Gasteiger partial charge >= 0.3 is 5.69 Å². The summed E-state index contributed by atoms with van der Waals surface area (Å²) in [5.41, 5.74) is 11.0. The Hall–Kier alpha value is -3.20. The molecular weight excluding hydrogens is 386 g/mol. The van der Waals surface area contributed by atoms with Crippen molar-refractivity contribution in [1.82, 2.24) is 14.0 Å². The minimum atomic E-state index is -0.683. The van der Waals surface area contributed by atoms with Crippen LogP contribution in [-0.4, -0.2) is 45.4 Å². The molecule has 1 aromatic carbocycles. The number of ketones is 1. The maximum absolute atomic E-state index is 13.0. The van der Waals surface area contributed by atoms with E-state index in [1.807, 2.05) is 35.2 Å². The van der Waals surface area contributed by atoms with Crippen LogP contribution < -0.4 is 22.7 Å². The van der Waals surface area contributed by atoms with Crippen LogP contribution in [0.3, 0.4) is 0 Å². The number of hydrogen-bond acceptors (Lipinski definition) is 6. The second-order valence-corrected chi connectivity index (χ2v) is 7.56. The Labute approximate surface area is 173 Å². The third kappa shape index (κ3) is 4.35. The molecule has 1 aliphatic rings. The highest BCUT2D eigenvalue weighted by Gasteiger charge is 2.28. The SMILES string of the molecule is CCn1c(=O)c(C(=O)CN2CCCC(C(N)=O)C2)c(N)n(Cc2ccccc2)c1=O. The maximum Gasteiger partial charge on any atom is 0.332 e. The van der Waals surface area contributed by atoms with Crippen LogP contribution in [0.5, 0.6) is 0 Å². The zero-order valence-corrected chi connectivity index (χ0v) is 17.0. The third-order valence-corrected chi connectivity index (χ3v) is 5.52. The van der Waals surface area contributed by atoms with Crippen molar-refractivity contribution in [3.63, 3.8) is 0 Å². The number of carbonyl (C=O) groups excluding carboxylic acids is 2. The Morgan fingerprint density at radius 1 is 1.13 bits per heavy atom. The summed E-state index contributed by atoms with van der Waals surface area (Å²) in [6, 6.07) is 9.21. The maximum atomic E-state index is 13.0. The van der Waals surface area contributed by atoms with Crippen LogP contribution in [0.15, 0.2) is 39.9 Å². The molecule has 9 nitrogen and oxygen atoms in total. The van der Waals surface area contributed by atoms with Gasteiger partial charge in [-0.05, 0) is 31.9 Å². The van der Waals surface area contributed by atoms with E-state index in [0.717, 1.165) is 16.6 Å². The van der Waals surface area contributed by atoms with E-state index in [4.69, 9.17) is 11.5 Å². The van der Waals surface area contributed by atoms with E-state index in [9.17, 15) is 19.2 Å². The van der Waals surface area contributed by atoms with Gasteiger partial charge in [0.2, 0.25) is 5.91 Å². The number of anilines is 1. The number of piperidine rings is 1. The highest BCUT2D eigenvalue weighted by atomic mass is 16.2. The second kappa shape index (κ2) is 9.08. The normalized spacial score (nSPS) is 17.0. The number of nitrogens with two attached hydrogens (primary N) is 2. The molecule has 9 heteroatoms. The molecule has 0 radical (unpaired) electrons. The molecule has 2 aromatic rings. The van der Waals surface area contributed by atoms with Crippen LogP contribution >= 0.6 is 0 Å². The minimum Gasteiger partial charge on any atom is -0.384 e. The molecule has 0 aliphatic carbocycles. The van der Waals surface area contributed by atoms with Gasteiger partial charge < -0.3 is 11.5 Å². The Bertz CT molecular complexity index is 1060. The molecule has 1 aromatic heterocycles. The van der Waals surface area contributed by atoms with E-state index in [-0.39, 0.29) is 36.9 Å². The number of nitrogen functional groups attached to an aromatic ring is 1. The van der Waals surface area contributed by atoms with Crippen LogP contribution in [0, 0.1) is 5.92 Å². The van der Waals surface area contributed by atoms with Gasteiger partial charge in [0.1, 0.15) is 11.4 Å². The van der Waals surface area contributed by atoms with Crippen molar-refractivity contribution in [3.05, 3.63) is 62.3 Å². The number of benzene rings is 1. The highest BCUT2D eigenvalue weighted by molar-refractivity contribution is 6.01. The van der Waals surface area contributed by atoms with Crippen molar-refractivity contribution >= 4 is 17.5 Å². The van der Waals surface area contributed by atoms with Gasteiger partial charge in [0, 0.05) is 13.1 Å². The molecule has 1 unspecified atom stereocenters. The van der Waals surface area contributed by atoms with E-state index in [2.05, 4.69) is 0 Å². The summed E-state index contributed by atoms with van der Waals surface area (Å²) in [6.07, 6.45) is 1.43. The molecule has 1 aliphatic heterocycles. The molecule has 4 N–H and O–H groups in total. The fourth-order valence-corrected chi connectivity index (χ4v) is 3.89. The number of rotatable bonds is 7. The Balaban J connectivity index is 1.96. The predicted octanol–water partition coefficient (Wildman–Crippen LogP) is 0.0404. The lowest BCUT2D eigenvalue weighted by Gasteiger charge is -2.30. The van der Waals surface area contributed by atoms with Crippen LogP contribution in [0.4, 0.5) is 5.82 Å². The Kier molecular flexibility index (Phi) is 6.51. The lowest BCUT2D eigenvalue weighted by molar-refractivity contribution is -0.123. The quantitative estimate of drug-likeness (QED) is 0.616. The van der Waals surface area contributed by atoms with Gasteiger partial charge in [-0.15, -0.1) is 0 Å². The molecule has 1 fully saturated rings. The second-order valence-electron chi connectivity index (χ2n) is 7.56. The van der Waals surface area contributed by atoms with Crippen LogP contribution in [0.25, 0.3) is 0 Å². The number of nitrogens with zero attached hydrogens (tertiary/aromatic N) is 3. The Morgan fingerprint density at radius 3 is 2.47 bits per heavy atom. The van der Waals surface area contributed by atoms with E-state index < -0.39 is 22.9 Å². The van der Waals surface area contributed by atoms with Crippen molar-refractivity contribution in [3.8, 4) is 0 Å². The number of primary amides is 1. The van der Waals surface area contributed by atoms with E-state index in [0.29, 0.717) is 19.5 Å². The summed E-state index contributed by atoms with van der Waals surface area (Å²) in [6.45, 7) is 2.88. The Morgan fingerprint density at radius 2 is 1.83 bits per heavy atom. The molecule has 2 heterocycles. The van der Waals surface area contributed by atoms with Gasteiger partial charge in [0.15, 0.2) is 5.78 Å². The van der Waals surface area contributed by atoms with Gasteiger partial charge in [-0.25, -0.2) is 4.79 Å². The van der Waals surface area contributed by atoms with Crippen molar-refractivity contribution in [2.75, 3.05) is 25.4 Å². The lowest BCUT2D eigenvalue weighted by Crippen LogP contribution is -2.47. The van der Waals surface area contributed by atoms with E-state index >= 15 is 0 Å². The molecule has 0 bridgehead atoms. The summed E-state index contributed by atoms with van der Waals surface area (Å²) >= 11 is 0. The molecule has 0 spiro atoms. The zero-order chi connectivity index (χ0) is 21.8. The van der Waals surface area contributed by atoms with Gasteiger partial charge in [-0.3, -0.25) is 28.4 Å². The summed E-state index contributed by atoms with van der Waals surface area (Å²) < 4.78 is 2.28.